The van der Waals surface area contributed by atoms with Gasteiger partial charge >= 0.3 is 0 Å². The van der Waals surface area contributed by atoms with E-state index in [9.17, 15) is 4.39 Å². The van der Waals surface area contributed by atoms with Crippen molar-refractivity contribution in [1.29, 1.82) is 0 Å². The average Bonchev–Trinajstić information content (AvgIpc) is 2.42. The molecule has 0 amide bonds. The molecule has 0 aliphatic carbocycles. The lowest BCUT2D eigenvalue weighted by Gasteiger charge is -2.45. The molecule has 19 heavy (non-hydrogen) atoms. The minimum Gasteiger partial charge on any atom is -0.379 e. The maximum atomic E-state index is 14.0. The summed E-state index contributed by atoms with van der Waals surface area (Å²) in [5, 5.41) is 0. The number of hydrogen-bond donors (Lipinski definition) is 2. The maximum absolute atomic E-state index is 14.0. The highest BCUT2D eigenvalue weighted by atomic mass is 19.1. The molecule has 1 unspecified atom stereocenters. The number of halogens is 1. The van der Waals surface area contributed by atoms with Gasteiger partial charge in [-0.15, -0.1) is 0 Å². The molecule has 1 aromatic rings. The highest BCUT2D eigenvalue weighted by Gasteiger charge is 2.37. The fourth-order valence-corrected chi connectivity index (χ4v) is 2.71. The topological polar surface area (TPSA) is 50.5 Å². The zero-order valence-electron chi connectivity index (χ0n) is 11.5. The number of nitrogens with zero attached hydrogens (tertiary/aromatic N) is 1. The Kier molecular flexibility index (Phi) is 4.52. The first kappa shape index (κ1) is 14.4. The molecule has 106 valence electrons. The third-order valence-electron chi connectivity index (χ3n) is 3.92. The van der Waals surface area contributed by atoms with Gasteiger partial charge < -0.3 is 4.74 Å². The van der Waals surface area contributed by atoms with Crippen molar-refractivity contribution >= 4 is 0 Å². The Morgan fingerprint density at radius 3 is 2.53 bits per heavy atom. The van der Waals surface area contributed by atoms with E-state index >= 15 is 0 Å². The van der Waals surface area contributed by atoms with Gasteiger partial charge in [0.25, 0.3) is 0 Å². The van der Waals surface area contributed by atoms with Gasteiger partial charge in [0.15, 0.2) is 0 Å². The lowest BCUT2D eigenvalue weighted by molar-refractivity contribution is -0.0242. The zero-order chi connectivity index (χ0) is 13.9. The van der Waals surface area contributed by atoms with Crippen LogP contribution in [0.25, 0.3) is 0 Å². The average molecular weight is 267 g/mol. The number of nitrogens with two attached hydrogens (primary N) is 1. The van der Waals surface area contributed by atoms with Crippen LogP contribution in [0.5, 0.6) is 0 Å². The summed E-state index contributed by atoms with van der Waals surface area (Å²) < 4.78 is 19.4. The number of hydrazine groups is 1. The van der Waals surface area contributed by atoms with E-state index in [1.165, 1.54) is 6.07 Å². The number of benzene rings is 1. The molecule has 0 bridgehead atoms. The molecule has 1 aromatic carbocycles. The van der Waals surface area contributed by atoms with Crippen LogP contribution < -0.4 is 11.3 Å². The van der Waals surface area contributed by atoms with Crippen molar-refractivity contribution in [2.75, 3.05) is 26.3 Å². The number of nitrogens with one attached hydrogen (secondary N) is 1. The highest BCUT2D eigenvalue weighted by Crippen LogP contribution is 2.32. The van der Waals surface area contributed by atoms with Crippen LogP contribution in [-0.2, 0) is 4.74 Å². The Bertz CT molecular complexity index is 419. The largest absolute Gasteiger partial charge is 0.379 e. The zero-order valence-corrected chi connectivity index (χ0v) is 11.5. The van der Waals surface area contributed by atoms with Gasteiger partial charge in [-0.25, -0.2) is 4.39 Å². The lowest BCUT2D eigenvalue weighted by atomic mass is 9.86. The number of morpholine rings is 1. The van der Waals surface area contributed by atoms with Crippen LogP contribution in [0.4, 0.5) is 4.39 Å². The molecule has 4 nitrogen and oxygen atoms in total. The van der Waals surface area contributed by atoms with Gasteiger partial charge in [-0.3, -0.25) is 16.2 Å². The molecule has 1 heterocycles. The standard InChI is InChI=1S/C14H22FN3O/c1-14(2,18-7-9-19-10-8-18)13(17-16)11-5-3-4-6-12(11)15/h3-6,13,17H,7-10,16H2,1-2H3. The fraction of sp³-hybridized carbons (Fsp3) is 0.571. The Labute approximate surface area is 113 Å². The molecule has 5 heteroatoms. The van der Waals surface area contributed by atoms with Crippen LogP contribution in [0, 0.1) is 5.82 Å². The summed E-state index contributed by atoms with van der Waals surface area (Å²) in [5.41, 5.74) is 3.08. The maximum Gasteiger partial charge on any atom is 0.128 e. The predicted octanol–water partition coefficient (Wildman–Crippen LogP) is 1.44. The van der Waals surface area contributed by atoms with Gasteiger partial charge in [0.05, 0.1) is 19.3 Å². The van der Waals surface area contributed by atoms with Crippen LogP contribution in [0.2, 0.25) is 0 Å². The summed E-state index contributed by atoms with van der Waals surface area (Å²) >= 11 is 0. The van der Waals surface area contributed by atoms with E-state index in [4.69, 9.17) is 10.6 Å². The lowest BCUT2D eigenvalue weighted by Crippen LogP contribution is -2.57. The molecule has 1 aliphatic rings. The molecule has 0 radical (unpaired) electrons. The first-order chi connectivity index (χ1) is 9.07. The van der Waals surface area contributed by atoms with E-state index in [1.54, 1.807) is 12.1 Å². The quantitative estimate of drug-likeness (QED) is 0.640. The highest BCUT2D eigenvalue weighted by molar-refractivity contribution is 5.24. The second-order valence-electron chi connectivity index (χ2n) is 5.37. The normalized spacial score (nSPS) is 19.4. The van der Waals surface area contributed by atoms with Crippen molar-refractivity contribution in [2.45, 2.75) is 25.4 Å². The van der Waals surface area contributed by atoms with Crippen molar-refractivity contribution in [3.63, 3.8) is 0 Å². The molecule has 1 fully saturated rings. The van der Waals surface area contributed by atoms with E-state index < -0.39 is 0 Å². The second-order valence-corrected chi connectivity index (χ2v) is 5.37. The molecule has 3 N–H and O–H groups in total. The van der Waals surface area contributed by atoms with E-state index in [2.05, 4.69) is 24.2 Å². The number of ether oxygens (including phenoxy) is 1. The summed E-state index contributed by atoms with van der Waals surface area (Å²) in [6.45, 7) is 7.24. The van der Waals surface area contributed by atoms with Gasteiger partial charge in [0.1, 0.15) is 5.82 Å². The molecule has 0 saturated carbocycles. The predicted molar refractivity (Wildman–Crippen MR) is 72.9 cm³/mol. The summed E-state index contributed by atoms with van der Waals surface area (Å²) in [6, 6.07) is 6.50. The number of rotatable bonds is 4. The first-order valence-corrected chi connectivity index (χ1v) is 6.60. The Morgan fingerprint density at radius 2 is 1.95 bits per heavy atom. The third kappa shape index (κ3) is 2.95. The second kappa shape index (κ2) is 5.96. The molecule has 2 rings (SSSR count). The molecular formula is C14H22FN3O. The van der Waals surface area contributed by atoms with E-state index in [0.717, 1.165) is 13.1 Å². The Morgan fingerprint density at radius 1 is 1.32 bits per heavy atom. The fourth-order valence-electron chi connectivity index (χ4n) is 2.71. The van der Waals surface area contributed by atoms with Crippen molar-refractivity contribution in [3.05, 3.63) is 35.6 Å². The first-order valence-electron chi connectivity index (χ1n) is 6.60. The summed E-state index contributed by atoms with van der Waals surface area (Å²) in [7, 11) is 0. The Hall–Kier alpha value is -1.01. The van der Waals surface area contributed by atoms with Crippen molar-refractivity contribution < 1.29 is 9.13 Å². The minimum atomic E-state index is -0.291. The van der Waals surface area contributed by atoms with Gasteiger partial charge in [0, 0.05) is 24.2 Å². The van der Waals surface area contributed by atoms with Crippen LogP contribution in [-0.4, -0.2) is 36.7 Å². The van der Waals surface area contributed by atoms with Crippen molar-refractivity contribution in [1.82, 2.24) is 10.3 Å². The summed E-state index contributed by atoms with van der Waals surface area (Å²) in [4.78, 5) is 2.29. The molecule has 0 spiro atoms. The van der Waals surface area contributed by atoms with E-state index in [-0.39, 0.29) is 17.4 Å². The van der Waals surface area contributed by atoms with E-state index in [0.29, 0.717) is 18.8 Å². The van der Waals surface area contributed by atoms with Crippen molar-refractivity contribution in [2.24, 2.45) is 5.84 Å². The van der Waals surface area contributed by atoms with Gasteiger partial charge in [-0.1, -0.05) is 18.2 Å². The minimum absolute atomic E-state index is 0.230. The van der Waals surface area contributed by atoms with Gasteiger partial charge in [0.2, 0.25) is 0 Å². The molecular weight excluding hydrogens is 245 g/mol. The van der Waals surface area contributed by atoms with Crippen molar-refractivity contribution in [3.8, 4) is 0 Å². The third-order valence-corrected chi connectivity index (χ3v) is 3.92. The van der Waals surface area contributed by atoms with Crippen LogP contribution in [0.1, 0.15) is 25.5 Å². The van der Waals surface area contributed by atoms with Crippen LogP contribution in [0.3, 0.4) is 0 Å². The molecule has 0 aromatic heterocycles. The van der Waals surface area contributed by atoms with E-state index in [1.807, 2.05) is 6.07 Å². The summed E-state index contributed by atoms with van der Waals surface area (Å²) in [6.07, 6.45) is 0. The van der Waals surface area contributed by atoms with Crippen LogP contribution in [0.15, 0.2) is 24.3 Å². The van der Waals surface area contributed by atoms with Gasteiger partial charge in [-0.2, -0.15) is 0 Å². The molecule has 1 atom stereocenters. The smallest absolute Gasteiger partial charge is 0.128 e. The van der Waals surface area contributed by atoms with Crippen LogP contribution >= 0.6 is 0 Å². The monoisotopic (exact) mass is 267 g/mol. The SMILES string of the molecule is CC(C)(C(NN)c1ccccc1F)N1CCOCC1. The Balaban J connectivity index is 2.27. The van der Waals surface area contributed by atoms with Gasteiger partial charge in [-0.05, 0) is 19.9 Å². The number of hydrogen-bond acceptors (Lipinski definition) is 4. The molecule has 1 aliphatic heterocycles. The summed E-state index contributed by atoms with van der Waals surface area (Å²) in [5.74, 6) is 5.46. The molecule has 1 saturated heterocycles.